The summed E-state index contributed by atoms with van der Waals surface area (Å²) < 4.78 is 12.5. The summed E-state index contributed by atoms with van der Waals surface area (Å²) in [5.74, 6) is 1.44. The second kappa shape index (κ2) is 9.43. The van der Waals surface area contributed by atoms with E-state index in [0.29, 0.717) is 19.0 Å². The molecule has 23 heavy (non-hydrogen) atoms. The molecule has 0 saturated carbocycles. The van der Waals surface area contributed by atoms with Gasteiger partial charge in [0.2, 0.25) is 0 Å². The zero-order valence-corrected chi connectivity index (χ0v) is 15.2. The molecule has 1 rings (SSSR count). The highest BCUT2D eigenvalue weighted by atomic mass is 16.5. The molecule has 0 atom stereocenters. The van der Waals surface area contributed by atoms with Crippen molar-refractivity contribution in [3.8, 4) is 11.5 Å². The Kier molecular flexibility index (Phi) is 7.93. The number of nitrogens with zero attached hydrogens (tertiary/aromatic N) is 1. The Bertz CT molecular complexity index is 504. The Morgan fingerprint density at radius 1 is 1.04 bits per heavy atom. The van der Waals surface area contributed by atoms with E-state index in [1.54, 1.807) is 6.21 Å². The second-order valence-corrected chi connectivity index (χ2v) is 6.67. The predicted molar refractivity (Wildman–Crippen MR) is 95.8 cm³/mol. The quantitative estimate of drug-likeness (QED) is 0.216. The molecular formula is C19H31NO3. The molecule has 0 fully saturated rings. The molecule has 0 radical (unpaired) electrons. The third-order valence-corrected chi connectivity index (χ3v) is 3.45. The van der Waals surface area contributed by atoms with E-state index in [2.05, 4.69) is 6.92 Å². The first-order chi connectivity index (χ1) is 10.9. The summed E-state index contributed by atoms with van der Waals surface area (Å²) >= 11 is 0. The monoisotopic (exact) mass is 321 g/mol. The Labute approximate surface area is 140 Å². The number of hydrogen-bond donors (Lipinski definition) is 0. The van der Waals surface area contributed by atoms with Crippen LogP contribution in [0.2, 0.25) is 0 Å². The molecule has 0 heterocycles. The minimum atomic E-state index is -0.458. The van der Waals surface area contributed by atoms with Crippen LogP contribution in [0, 0.1) is 5.21 Å². The van der Waals surface area contributed by atoms with Crippen LogP contribution in [-0.2, 0) is 0 Å². The lowest BCUT2D eigenvalue weighted by Gasteiger charge is -2.19. The van der Waals surface area contributed by atoms with Crippen LogP contribution in [0.3, 0.4) is 0 Å². The summed E-state index contributed by atoms with van der Waals surface area (Å²) in [5, 5.41) is 12.0. The fourth-order valence-electron chi connectivity index (χ4n) is 2.03. The molecule has 1 aromatic rings. The summed E-state index contributed by atoms with van der Waals surface area (Å²) in [7, 11) is 0. The zero-order valence-electron chi connectivity index (χ0n) is 15.2. The Balaban J connectivity index is 2.81. The van der Waals surface area contributed by atoms with Gasteiger partial charge in [-0.1, -0.05) is 26.2 Å². The predicted octanol–water partition coefficient (Wildman–Crippen LogP) is 4.77. The first kappa shape index (κ1) is 19.3. The van der Waals surface area contributed by atoms with Crippen molar-refractivity contribution in [2.24, 2.45) is 0 Å². The number of ether oxygens (including phenoxy) is 2. The molecular weight excluding hydrogens is 290 g/mol. The highest BCUT2D eigenvalue weighted by molar-refractivity contribution is 5.77. The van der Waals surface area contributed by atoms with E-state index >= 15 is 0 Å². The highest BCUT2D eigenvalue weighted by Crippen LogP contribution is 2.28. The molecule has 0 amide bonds. The standard InChI is InChI=1S/C19H31NO3/c1-6-8-9-10-13-23-17-12-11-16(14-18(17)22-7-2)15-20(21)19(3,4)5/h11-12,14-15H,6-10,13H2,1-5H3. The van der Waals surface area contributed by atoms with E-state index in [9.17, 15) is 5.21 Å². The maximum Gasteiger partial charge on any atom is 0.182 e. The van der Waals surface area contributed by atoms with E-state index in [0.717, 1.165) is 22.5 Å². The molecule has 0 aromatic heterocycles. The van der Waals surface area contributed by atoms with Gasteiger partial charge in [-0.15, -0.1) is 0 Å². The Hall–Kier alpha value is -1.71. The number of hydrogen-bond acceptors (Lipinski definition) is 3. The van der Waals surface area contributed by atoms with Gasteiger partial charge >= 0.3 is 0 Å². The number of benzene rings is 1. The highest BCUT2D eigenvalue weighted by Gasteiger charge is 2.18. The summed E-state index contributed by atoms with van der Waals surface area (Å²) in [6.07, 6.45) is 6.28. The van der Waals surface area contributed by atoms with Gasteiger partial charge in [-0.2, -0.15) is 0 Å². The van der Waals surface area contributed by atoms with Crippen LogP contribution in [0.1, 0.15) is 65.9 Å². The van der Waals surface area contributed by atoms with Gasteiger partial charge in [0.15, 0.2) is 23.3 Å². The molecule has 0 N–H and O–H groups in total. The zero-order chi connectivity index (χ0) is 17.3. The van der Waals surface area contributed by atoms with Crippen molar-refractivity contribution in [1.82, 2.24) is 0 Å². The van der Waals surface area contributed by atoms with Crippen molar-refractivity contribution < 1.29 is 14.2 Å². The van der Waals surface area contributed by atoms with Gasteiger partial charge in [-0.3, -0.25) is 0 Å². The molecule has 0 aliphatic carbocycles. The fourth-order valence-corrected chi connectivity index (χ4v) is 2.03. The molecule has 0 aliphatic rings. The molecule has 1 aromatic carbocycles. The maximum absolute atomic E-state index is 12.0. The summed E-state index contributed by atoms with van der Waals surface area (Å²) in [6, 6.07) is 5.63. The smallest absolute Gasteiger partial charge is 0.182 e. The minimum absolute atomic E-state index is 0.458. The van der Waals surface area contributed by atoms with E-state index in [4.69, 9.17) is 9.47 Å². The third-order valence-electron chi connectivity index (χ3n) is 3.45. The van der Waals surface area contributed by atoms with Crippen LogP contribution in [0.5, 0.6) is 11.5 Å². The van der Waals surface area contributed by atoms with E-state index in [1.807, 2.05) is 45.9 Å². The van der Waals surface area contributed by atoms with Crippen molar-refractivity contribution in [2.45, 2.75) is 65.8 Å². The molecule has 4 heteroatoms. The molecule has 0 aliphatic heterocycles. The number of hydroxylamine groups is 1. The van der Waals surface area contributed by atoms with Gasteiger partial charge in [0.05, 0.1) is 13.2 Å². The molecule has 0 unspecified atom stereocenters. The van der Waals surface area contributed by atoms with Crippen molar-refractivity contribution >= 4 is 6.21 Å². The largest absolute Gasteiger partial charge is 0.623 e. The summed E-state index contributed by atoms with van der Waals surface area (Å²) in [5.41, 5.74) is 0.358. The van der Waals surface area contributed by atoms with Crippen LogP contribution in [0.4, 0.5) is 0 Å². The van der Waals surface area contributed by atoms with Crippen molar-refractivity contribution in [3.05, 3.63) is 29.0 Å². The lowest BCUT2D eigenvalue weighted by atomic mass is 10.1. The minimum Gasteiger partial charge on any atom is -0.623 e. The number of unbranched alkanes of at least 4 members (excludes halogenated alkanes) is 3. The van der Waals surface area contributed by atoms with Gasteiger partial charge in [0.1, 0.15) is 0 Å². The fraction of sp³-hybridized carbons (Fsp3) is 0.632. The van der Waals surface area contributed by atoms with Gasteiger partial charge in [0.25, 0.3) is 0 Å². The summed E-state index contributed by atoms with van der Waals surface area (Å²) in [4.78, 5) is 0. The number of rotatable bonds is 9. The summed E-state index contributed by atoms with van der Waals surface area (Å²) in [6.45, 7) is 11.0. The Morgan fingerprint density at radius 2 is 1.78 bits per heavy atom. The van der Waals surface area contributed by atoms with Crippen molar-refractivity contribution in [1.29, 1.82) is 0 Å². The molecule has 130 valence electrons. The first-order valence-corrected chi connectivity index (χ1v) is 8.59. The van der Waals surface area contributed by atoms with Gasteiger partial charge in [-0.05, 0) is 31.5 Å². The molecule has 4 nitrogen and oxygen atoms in total. The molecule has 0 spiro atoms. The topological polar surface area (TPSA) is 44.5 Å². The normalized spacial score (nSPS) is 12.3. The van der Waals surface area contributed by atoms with Crippen molar-refractivity contribution in [2.75, 3.05) is 13.2 Å². The van der Waals surface area contributed by atoms with Crippen LogP contribution in [0.15, 0.2) is 18.2 Å². The molecule has 0 bridgehead atoms. The van der Waals surface area contributed by atoms with E-state index < -0.39 is 5.54 Å². The van der Waals surface area contributed by atoms with Crippen LogP contribution in [0.25, 0.3) is 0 Å². The maximum atomic E-state index is 12.0. The SMILES string of the molecule is CCCCCCOc1ccc(C=[N+]([O-])C(C)(C)C)cc1OCC. The average molecular weight is 321 g/mol. The first-order valence-electron chi connectivity index (χ1n) is 8.59. The van der Waals surface area contributed by atoms with Crippen LogP contribution in [-0.4, -0.2) is 29.7 Å². The van der Waals surface area contributed by atoms with Gasteiger partial charge in [0, 0.05) is 26.3 Å². The van der Waals surface area contributed by atoms with Gasteiger partial charge in [-0.25, -0.2) is 4.74 Å². The van der Waals surface area contributed by atoms with E-state index in [1.165, 1.54) is 19.3 Å². The van der Waals surface area contributed by atoms with Crippen LogP contribution < -0.4 is 9.47 Å². The second-order valence-electron chi connectivity index (χ2n) is 6.67. The van der Waals surface area contributed by atoms with Crippen LogP contribution >= 0.6 is 0 Å². The third kappa shape index (κ3) is 6.93. The Morgan fingerprint density at radius 3 is 2.39 bits per heavy atom. The van der Waals surface area contributed by atoms with Crippen molar-refractivity contribution in [3.63, 3.8) is 0 Å². The molecule has 0 saturated heterocycles. The average Bonchev–Trinajstić information content (AvgIpc) is 2.48. The van der Waals surface area contributed by atoms with Gasteiger partial charge < -0.3 is 14.7 Å². The van der Waals surface area contributed by atoms with E-state index in [-0.39, 0.29) is 0 Å². The lowest BCUT2D eigenvalue weighted by molar-refractivity contribution is -0.530. The lowest BCUT2D eigenvalue weighted by Crippen LogP contribution is -2.29.